The predicted octanol–water partition coefficient (Wildman–Crippen LogP) is 2.99. The van der Waals surface area contributed by atoms with Crippen LogP contribution in [0.3, 0.4) is 0 Å². The van der Waals surface area contributed by atoms with Crippen molar-refractivity contribution in [3.8, 4) is 17.2 Å². The lowest BCUT2D eigenvalue weighted by Crippen LogP contribution is -2.24. The molecule has 0 saturated heterocycles. The minimum absolute atomic E-state index is 0.228. The lowest BCUT2D eigenvalue weighted by molar-refractivity contribution is 0.0946. The number of hydrogen-bond donors (Lipinski definition) is 1. The van der Waals surface area contributed by atoms with E-state index >= 15 is 0 Å². The third kappa shape index (κ3) is 3.49. The molecule has 9 nitrogen and oxygen atoms in total. The molecule has 30 heavy (non-hydrogen) atoms. The van der Waals surface area contributed by atoms with E-state index in [4.69, 9.17) is 9.26 Å². The summed E-state index contributed by atoms with van der Waals surface area (Å²) in [5.41, 5.74) is 1.91. The largest absolute Gasteiger partial charge is 0.493 e. The summed E-state index contributed by atoms with van der Waals surface area (Å²) in [6.07, 6.45) is 4.07. The third-order valence-electron chi connectivity index (χ3n) is 4.95. The Balaban J connectivity index is 1.32. The van der Waals surface area contributed by atoms with Crippen molar-refractivity contribution in [3.63, 3.8) is 0 Å². The van der Waals surface area contributed by atoms with Gasteiger partial charge in [0.25, 0.3) is 11.8 Å². The van der Waals surface area contributed by atoms with E-state index in [0.29, 0.717) is 41.2 Å². The lowest BCUT2D eigenvalue weighted by Gasteiger charge is -2.10. The minimum Gasteiger partial charge on any atom is -0.493 e. The molecule has 1 amide bonds. The van der Waals surface area contributed by atoms with Crippen LogP contribution in [0.15, 0.2) is 47.1 Å². The molecule has 1 N–H and O–H groups in total. The first-order chi connectivity index (χ1) is 14.7. The van der Waals surface area contributed by atoms with E-state index in [2.05, 4.69) is 25.7 Å². The van der Waals surface area contributed by atoms with Gasteiger partial charge >= 0.3 is 0 Å². The fraction of sp³-hybridized carbons (Fsp3) is 0.286. The number of pyridine rings is 1. The van der Waals surface area contributed by atoms with Gasteiger partial charge in [-0.3, -0.25) is 9.20 Å². The number of para-hydroxylation sites is 1. The first kappa shape index (κ1) is 18.3. The number of nitrogens with one attached hydrogen (secondary N) is 1. The normalized spacial score (nSPS) is 13.5. The first-order valence-corrected chi connectivity index (χ1v) is 9.90. The molecule has 3 heterocycles. The minimum atomic E-state index is -0.231. The molecule has 0 atom stereocenters. The number of fused-ring (bicyclic) bond motifs is 1. The molecule has 0 aliphatic heterocycles. The van der Waals surface area contributed by atoms with E-state index in [-0.39, 0.29) is 12.5 Å². The molecule has 3 aromatic heterocycles. The van der Waals surface area contributed by atoms with Crippen LogP contribution in [0.2, 0.25) is 0 Å². The Kier molecular flexibility index (Phi) is 4.62. The summed E-state index contributed by atoms with van der Waals surface area (Å²) in [7, 11) is 0. The molecule has 1 aromatic carbocycles. The molecule has 1 aliphatic rings. The smallest absolute Gasteiger partial charge is 0.258 e. The first-order valence-electron chi connectivity index (χ1n) is 9.90. The molecule has 1 saturated carbocycles. The average Bonchev–Trinajstić information content (AvgIpc) is 3.36. The average molecular weight is 404 g/mol. The number of carbonyl (C=O) groups excluding carboxylic acids is 1. The Labute approximate surface area is 172 Å². The Hall–Kier alpha value is -3.75. The van der Waals surface area contributed by atoms with Crippen LogP contribution in [0, 0.1) is 0 Å². The van der Waals surface area contributed by atoms with Crippen LogP contribution in [0.25, 0.3) is 17.1 Å². The van der Waals surface area contributed by atoms with Gasteiger partial charge in [0.15, 0.2) is 17.3 Å². The van der Waals surface area contributed by atoms with E-state index in [1.165, 1.54) is 0 Å². The molecular formula is C21H20N6O3. The standard InChI is InChI=1S/C21H20N6O3/c1-2-29-16-6-4-3-5-15(16)20(28)22-12-18-25-24-17-11-14(9-10-27(17)18)21-23-19(26-30-21)13-7-8-13/h3-6,9-11,13H,2,7-8,12H2,1H3,(H,22,28). The van der Waals surface area contributed by atoms with Crippen LogP contribution < -0.4 is 10.1 Å². The van der Waals surface area contributed by atoms with Crippen molar-refractivity contribution in [2.45, 2.75) is 32.2 Å². The number of ether oxygens (including phenoxy) is 1. The van der Waals surface area contributed by atoms with Crippen LogP contribution in [0.5, 0.6) is 5.75 Å². The number of hydrogen-bond acceptors (Lipinski definition) is 7. The van der Waals surface area contributed by atoms with Crippen molar-refractivity contribution in [2.75, 3.05) is 6.61 Å². The van der Waals surface area contributed by atoms with Crippen molar-refractivity contribution < 1.29 is 14.1 Å². The van der Waals surface area contributed by atoms with Crippen LogP contribution in [0.1, 0.15) is 47.7 Å². The summed E-state index contributed by atoms with van der Waals surface area (Å²) in [5.74, 6) is 2.61. The summed E-state index contributed by atoms with van der Waals surface area (Å²) in [6.45, 7) is 2.60. The molecule has 0 bridgehead atoms. The van der Waals surface area contributed by atoms with Gasteiger partial charge in [0, 0.05) is 17.7 Å². The van der Waals surface area contributed by atoms with Gasteiger partial charge in [-0.1, -0.05) is 17.3 Å². The summed E-state index contributed by atoms with van der Waals surface area (Å²) in [6, 6.07) is 10.9. The maximum atomic E-state index is 12.6. The molecule has 5 rings (SSSR count). The maximum absolute atomic E-state index is 12.6. The second-order valence-corrected chi connectivity index (χ2v) is 7.10. The SMILES string of the molecule is CCOc1ccccc1C(=O)NCc1nnc2cc(-c3nc(C4CC4)no3)ccn12. The summed E-state index contributed by atoms with van der Waals surface area (Å²) in [5, 5.41) is 15.3. The van der Waals surface area contributed by atoms with Crippen LogP contribution >= 0.6 is 0 Å². The second-order valence-electron chi connectivity index (χ2n) is 7.10. The van der Waals surface area contributed by atoms with Crippen LogP contribution in [-0.2, 0) is 6.54 Å². The van der Waals surface area contributed by atoms with E-state index in [9.17, 15) is 4.79 Å². The number of benzene rings is 1. The van der Waals surface area contributed by atoms with Gasteiger partial charge in [0.1, 0.15) is 5.75 Å². The van der Waals surface area contributed by atoms with E-state index in [0.717, 1.165) is 24.2 Å². The fourth-order valence-corrected chi connectivity index (χ4v) is 3.24. The van der Waals surface area contributed by atoms with Gasteiger partial charge in [-0.25, -0.2) is 0 Å². The zero-order chi connectivity index (χ0) is 20.5. The Morgan fingerprint density at radius 2 is 2.13 bits per heavy atom. The molecule has 0 spiro atoms. The molecule has 0 unspecified atom stereocenters. The number of aromatic nitrogens is 5. The van der Waals surface area contributed by atoms with Crippen molar-refractivity contribution in [3.05, 3.63) is 59.8 Å². The molecule has 1 fully saturated rings. The highest BCUT2D eigenvalue weighted by atomic mass is 16.5. The maximum Gasteiger partial charge on any atom is 0.258 e. The number of carbonyl (C=O) groups is 1. The van der Waals surface area contributed by atoms with Crippen molar-refractivity contribution >= 4 is 11.6 Å². The molecule has 1 aliphatic carbocycles. The Bertz CT molecular complexity index is 1210. The van der Waals surface area contributed by atoms with Gasteiger partial charge in [0.2, 0.25) is 0 Å². The highest BCUT2D eigenvalue weighted by molar-refractivity contribution is 5.96. The van der Waals surface area contributed by atoms with Crippen molar-refractivity contribution in [2.24, 2.45) is 0 Å². The number of nitrogens with zero attached hydrogens (tertiary/aromatic N) is 5. The summed E-state index contributed by atoms with van der Waals surface area (Å²) in [4.78, 5) is 17.1. The van der Waals surface area contributed by atoms with E-state index in [1.54, 1.807) is 18.2 Å². The van der Waals surface area contributed by atoms with Gasteiger partial charge < -0.3 is 14.6 Å². The van der Waals surface area contributed by atoms with Crippen LogP contribution in [0.4, 0.5) is 0 Å². The fourth-order valence-electron chi connectivity index (χ4n) is 3.24. The monoisotopic (exact) mass is 404 g/mol. The van der Waals surface area contributed by atoms with Crippen molar-refractivity contribution in [1.82, 2.24) is 30.1 Å². The van der Waals surface area contributed by atoms with E-state index in [1.807, 2.05) is 35.7 Å². The van der Waals surface area contributed by atoms with Gasteiger partial charge in [-0.05, 0) is 44.0 Å². The Morgan fingerprint density at radius 1 is 1.27 bits per heavy atom. The Morgan fingerprint density at radius 3 is 2.97 bits per heavy atom. The zero-order valence-electron chi connectivity index (χ0n) is 16.4. The molecule has 4 aromatic rings. The molecule has 0 radical (unpaired) electrons. The van der Waals surface area contributed by atoms with Gasteiger partial charge in [0.05, 0.1) is 18.7 Å². The highest BCUT2D eigenvalue weighted by Gasteiger charge is 2.29. The number of rotatable bonds is 7. The highest BCUT2D eigenvalue weighted by Crippen LogP contribution is 2.38. The zero-order valence-corrected chi connectivity index (χ0v) is 16.4. The topological polar surface area (TPSA) is 107 Å². The number of amides is 1. The van der Waals surface area contributed by atoms with E-state index < -0.39 is 0 Å². The summed E-state index contributed by atoms with van der Waals surface area (Å²) >= 11 is 0. The molecule has 9 heteroatoms. The molecular weight excluding hydrogens is 384 g/mol. The lowest BCUT2D eigenvalue weighted by atomic mass is 10.2. The molecule has 152 valence electrons. The predicted molar refractivity (Wildman–Crippen MR) is 107 cm³/mol. The van der Waals surface area contributed by atoms with Crippen LogP contribution in [-0.4, -0.2) is 37.3 Å². The quantitative estimate of drug-likeness (QED) is 0.504. The summed E-state index contributed by atoms with van der Waals surface area (Å²) < 4.78 is 12.7. The van der Waals surface area contributed by atoms with Gasteiger partial charge in [-0.2, -0.15) is 4.98 Å². The second kappa shape index (κ2) is 7.58. The van der Waals surface area contributed by atoms with Gasteiger partial charge in [-0.15, -0.1) is 10.2 Å². The third-order valence-corrected chi connectivity index (χ3v) is 4.95. The van der Waals surface area contributed by atoms with Crippen molar-refractivity contribution in [1.29, 1.82) is 0 Å².